The molecule has 0 bridgehead atoms. The molecule has 1 aliphatic heterocycles. The summed E-state index contributed by atoms with van der Waals surface area (Å²) >= 11 is 0. The van der Waals surface area contributed by atoms with E-state index in [1.165, 1.54) is 13.3 Å². The van der Waals surface area contributed by atoms with E-state index in [2.05, 4.69) is 13.8 Å². The number of hydrogen-bond donors (Lipinski definition) is 1. The summed E-state index contributed by atoms with van der Waals surface area (Å²) in [6.07, 6.45) is 7.88. The Kier molecular flexibility index (Phi) is 4.43. The molecule has 1 N–H and O–H groups in total. The van der Waals surface area contributed by atoms with Crippen LogP contribution in [0.25, 0.3) is 0 Å². The second-order valence-corrected chi connectivity index (χ2v) is 10.7. The molecule has 0 aromatic carbocycles. The molecule has 4 aliphatic carbocycles. The van der Waals surface area contributed by atoms with Crippen LogP contribution in [-0.2, 0) is 19.0 Å². The second kappa shape index (κ2) is 6.42. The van der Waals surface area contributed by atoms with Gasteiger partial charge in [0.05, 0.1) is 19.3 Å². The number of hydrogen-bond acceptors (Lipinski definition) is 5. The zero-order valence-electron chi connectivity index (χ0n) is 17.6. The van der Waals surface area contributed by atoms with E-state index in [1.807, 2.05) is 0 Å². The monoisotopic (exact) mass is 392 g/mol. The van der Waals surface area contributed by atoms with Crippen LogP contribution in [0.5, 0.6) is 0 Å². The van der Waals surface area contributed by atoms with Gasteiger partial charge in [0.15, 0.2) is 5.79 Å². The third-order valence-corrected chi connectivity index (χ3v) is 9.76. The Hall–Kier alpha value is -0.650. The molecule has 1 spiro atoms. The molecule has 8 atom stereocenters. The zero-order valence-corrected chi connectivity index (χ0v) is 17.6. The summed E-state index contributed by atoms with van der Waals surface area (Å²) in [7, 11) is 0. The van der Waals surface area contributed by atoms with Gasteiger partial charge in [-0.05, 0) is 74.0 Å². The highest BCUT2D eigenvalue weighted by Crippen LogP contribution is 2.69. The topological polar surface area (TPSA) is 65.0 Å². The second-order valence-electron chi connectivity index (χ2n) is 10.7. The minimum atomic E-state index is -0.377. The van der Waals surface area contributed by atoms with Crippen molar-refractivity contribution >= 4 is 5.97 Å². The Balaban J connectivity index is 1.41. The standard InChI is InChI=1S/C23H36O5/c1-14(24)28-15-4-7-21(2)17-5-8-22(3)18(6-9-23(22)26-10-11-27-23)16(17)13-20(25)19(21)12-15/h15-20,25H,4-13H2,1-3H3. The number of fused-ring (bicyclic) bond motifs is 6. The molecule has 8 unspecified atom stereocenters. The number of aliphatic hydroxyl groups excluding tert-OH is 1. The fourth-order valence-electron chi connectivity index (χ4n) is 8.49. The van der Waals surface area contributed by atoms with Gasteiger partial charge >= 0.3 is 5.97 Å². The highest BCUT2D eigenvalue weighted by atomic mass is 16.7. The van der Waals surface area contributed by atoms with E-state index in [4.69, 9.17) is 14.2 Å². The minimum Gasteiger partial charge on any atom is -0.463 e. The molecule has 4 saturated carbocycles. The van der Waals surface area contributed by atoms with Crippen LogP contribution in [-0.4, -0.2) is 42.3 Å². The van der Waals surface area contributed by atoms with Crippen molar-refractivity contribution in [3.8, 4) is 0 Å². The summed E-state index contributed by atoms with van der Waals surface area (Å²) in [5, 5.41) is 11.2. The molecule has 5 nitrogen and oxygen atoms in total. The number of esters is 1. The average Bonchev–Trinajstić information content (AvgIpc) is 3.23. The Labute approximate surface area is 168 Å². The van der Waals surface area contributed by atoms with Crippen LogP contribution in [0.1, 0.15) is 72.1 Å². The first-order chi connectivity index (χ1) is 13.3. The Morgan fingerprint density at radius 1 is 0.964 bits per heavy atom. The number of carbonyl (C=O) groups is 1. The lowest BCUT2D eigenvalue weighted by Gasteiger charge is -2.62. The van der Waals surface area contributed by atoms with Gasteiger partial charge in [0.25, 0.3) is 0 Å². The third-order valence-electron chi connectivity index (χ3n) is 9.76. The van der Waals surface area contributed by atoms with Crippen molar-refractivity contribution < 1.29 is 24.1 Å². The predicted octanol–water partition coefficient (Wildman–Crippen LogP) is 3.67. The van der Waals surface area contributed by atoms with Crippen molar-refractivity contribution in [2.24, 2.45) is 34.5 Å². The molecule has 5 rings (SSSR count). The lowest BCUT2D eigenvalue weighted by molar-refractivity contribution is -0.253. The van der Waals surface area contributed by atoms with Gasteiger partial charge in [-0.2, -0.15) is 0 Å². The predicted molar refractivity (Wildman–Crippen MR) is 103 cm³/mol. The van der Waals surface area contributed by atoms with Crippen LogP contribution in [0.15, 0.2) is 0 Å². The maximum Gasteiger partial charge on any atom is 0.302 e. The first-order valence-electron chi connectivity index (χ1n) is 11.4. The summed E-state index contributed by atoms with van der Waals surface area (Å²) in [4.78, 5) is 11.4. The summed E-state index contributed by atoms with van der Waals surface area (Å²) in [5.74, 6) is 1.44. The molecule has 158 valence electrons. The maximum absolute atomic E-state index is 11.4. The molecular weight excluding hydrogens is 356 g/mol. The molecule has 5 heteroatoms. The Morgan fingerprint density at radius 2 is 1.68 bits per heavy atom. The van der Waals surface area contributed by atoms with E-state index < -0.39 is 0 Å². The lowest BCUT2D eigenvalue weighted by Crippen LogP contribution is -2.60. The molecule has 5 aliphatic rings. The van der Waals surface area contributed by atoms with E-state index in [0.29, 0.717) is 17.8 Å². The highest BCUT2D eigenvalue weighted by molar-refractivity contribution is 5.66. The van der Waals surface area contributed by atoms with E-state index in [1.54, 1.807) is 0 Å². The van der Waals surface area contributed by atoms with Gasteiger partial charge in [0.1, 0.15) is 6.10 Å². The van der Waals surface area contributed by atoms with Gasteiger partial charge in [-0.1, -0.05) is 13.8 Å². The summed E-state index contributed by atoms with van der Waals surface area (Å²) in [6.45, 7) is 7.74. The summed E-state index contributed by atoms with van der Waals surface area (Å²) < 4.78 is 18.0. The van der Waals surface area contributed by atoms with Gasteiger partial charge in [-0.15, -0.1) is 0 Å². The van der Waals surface area contributed by atoms with Crippen molar-refractivity contribution in [1.29, 1.82) is 0 Å². The van der Waals surface area contributed by atoms with Crippen molar-refractivity contribution in [1.82, 2.24) is 0 Å². The normalized spacial score (nSPS) is 52.0. The van der Waals surface area contributed by atoms with Crippen LogP contribution in [0.3, 0.4) is 0 Å². The van der Waals surface area contributed by atoms with E-state index >= 15 is 0 Å². The molecular formula is C23H36O5. The number of ether oxygens (including phenoxy) is 3. The first-order valence-corrected chi connectivity index (χ1v) is 11.4. The first kappa shape index (κ1) is 19.3. The van der Waals surface area contributed by atoms with Crippen LogP contribution in [0.4, 0.5) is 0 Å². The molecule has 1 heterocycles. The van der Waals surface area contributed by atoms with Gasteiger partial charge in [-0.25, -0.2) is 0 Å². The van der Waals surface area contributed by atoms with Crippen molar-refractivity contribution in [2.75, 3.05) is 13.2 Å². The third kappa shape index (κ3) is 2.51. The van der Waals surface area contributed by atoms with Crippen LogP contribution < -0.4 is 0 Å². The quantitative estimate of drug-likeness (QED) is 0.690. The molecule has 0 radical (unpaired) electrons. The summed E-state index contributed by atoms with van der Waals surface area (Å²) in [5.41, 5.74) is 0.218. The smallest absolute Gasteiger partial charge is 0.302 e. The van der Waals surface area contributed by atoms with Crippen LogP contribution in [0.2, 0.25) is 0 Å². The number of carbonyl (C=O) groups excluding carboxylic acids is 1. The molecule has 0 amide bonds. The average molecular weight is 393 g/mol. The fourth-order valence-corrected chi connectivity index (χ4v) is 8.49. The van der Waals surface area contributed by atoms with E-state index in [-0.39, 0.29) is 40.7 Å². The molecule has 1 saturated heterocycles. The number of aliphatic hydroxyl groups is 1. The molecule has 5 fully saturated rings. The van der Waals surface area contributed by atoms with Gasteiger partial charge < -0.3 is 19.3 Å². The van der Waals surface area contributed by atoms with E-state index in [0.717, 1.165) is 58.2 Å². The van der Waals surface area contributed by atoms with E-state index in [9.17, 15) is 9.90 Å². The molecule has 28 heavy (non-hydrogen) atoms. The van der Waals surface area contributed by atoms with Crippen LogP contribution in [0, 0.1) is 34.5 Å². The Bertz CT molecular complexity index is 643. The van der Waals surface area contributed by atoms with Crippen LogP contribution >= 0.6 is 0 Å². The number of rotatable bonds is 1. The van der Waals surface area contributed by atoms with Crippen molar-refractivity contribution in [2.45, 2.75) is 90.1 Å². The zero-order chi connectivity index (χ0) is 19.7. The Morgan fingerprint density at radius 3 is 2.39 bits per heavy atom. The SMILES string of the molecule is CC(=O)OC1CCC2(C)C(C1)C(O)CC1C2CCC2(C)C1CCC21OCCO1. The van der Waals surface area contributed by atoms with Crippen molar-refractivity contribution in [3.05, 3.63) is 0 Å². The van der Waals surface area contributed by atoms with Crippen molar-refractivity contribution in [3.63, 3.8) is 0 Å². The molecule has 0 aromatic heterocycles. The highest BCUT2D eigenvalue weighted by Gasteiger charge is 2.68. The summed E-state index contributed by atoms with van der Waals surface area (Å²) in [6, 6.07) is 0. The van der Waals surface area contributed by atoms with Gasteiger partial charge in [-0.3, -0.25) is 4.79 Å². The fraction of sp³-hybridized carbons (Fsp3) is 0.957. The van der Waals surface area contributed by atoms with Gasteiger partial charge in [0.2, 0.25) is 0 Å². The molecule has 0 aromatic rings. The minimum absolute atomic E-state index is 0.0225. The lowest BCUT2D eigenvalue weighted by atomic mass is 9.44. The largest absolute Gasteiger partial charge is 0.463 e. The van der Waals surface area contributed by atoms with Gasteiger partial charge in [0, 0.05) is 18.8 Å². The maximum atomic E-state index is 11.4.